The number of hydrogen-bond donors (Lipinski definition) is 0. The number of benzene rings is 4. The van der Waals surface area contributed by atoms with E-state index in [1.165, 1.54) is 10.6 Å². The lowest BCUT2D eigenvalue weighted by molar-refractivity contribution is 0.171. The van der Waals surface area contributed by atoms with Crippen LogP contribution < -0.4 is 29.6 Å². The summed E-state index contributed by atoms with van der Waals surface area (Å²) in [6, 6.07) is 33.2. The molecule has 4 aromatic rings. The first-order chi connectivity index (χ1) is 20.1. The predicted molar refractivity (Wildman–Crippen MR) is 176 cm³/mol. The van der Waals surface area contributed by atoms with Crippen molar-refractivity contribution in [3.8, 4) is 23.0 Å². The first kappa shape index (κ1) is 29.0. The van der Waals surface area contributed by atoms with Crippen LogP contribution in [0.3, 0.4) is 0 Å². The monoisotopic (exact) mass is 598 g/mol. The van der Waals surface area contributed by atoms with Gasteiger partial charge in [0.15, 0.2) is 11.7 Å². The van der Waals surface area contributed by atoms with Gasteiger partial charge in [-0.25, -0.2) is 0 Å². The van der Waals surface area contributed by atoms with Crippen molar-refractivity contribution in [1.29, 1.82) is 0 Å². The van der Waals surface area contributed by atoms with Crippen LogP contribution >= 0.6 is 15.8 Å². The Bertz CT molecular complexity index is 1410. The summed E-state index contributed by atoms with van der Waals surface area (Å²) in [6.07, 6.45) is 0. The molecule has 6 heteroatoms. The fraction of sp³-hybridized carbons (Fsp3) is 0.333. The highest BCUT2D eigenvalue weighted by molar-refractivity contribution is 7.72. The lowest BCUT2D eigenvalue weighted by Gasteiger charge is -2.39. The van der Waals surface area contributed by atoms with Crippen LogP contribution in [0, 0.1) is 0 Å². The Morgan fingerprint density at radius 2 is 0.905 bits per heavy atom. The Morgan fingerprint density at radius 1 is 0.524 bits per heavy atom. The maximum atomic E-state index is 6.95. The summed E-state index contributed by atoms with van der Waals surface area (Å²) in [4.78, 5) is 0. The van der Waals surface area contributed by atoms with Gasteiger partial charge in [-0.3, -0.25) is 0 Å². The fourth-order valence-corrected chi connectivity index (χ4v) is 12.5. The molecule has 0 fully saturated rings. The van der Waals surface area contributed by atoms with Gasteiger partial charge in [0.25, 0.3) is 0 Å². The summed E-state index contributed by atoms with van der Waals surface area (Å²) in [5.74, 6) is 3.49. The molecule has 0 saturated carbocycles. The molecule has 0 bridgehead atoms. The second kappa shape index (κ2) is 11.6. The van der Waals surface area contributed by atoms with Gasteiger partial charge in [0.2, 0.25) is 0 Å². The third-order valence-corrected chi connectivity index (χ3v) is 14.3. The average molecular weight is 599 g/mol. The number of fused-ring (bicyclic) bond motifs is 2. The van der Waals surface area contributed by atoms with Gasteiger partial charge in [-0.15, -0.1) is 0 Å². The molecular weight excluding hydrogens is 558 g/mol. The SMILES string of the molecule is CC(C)(C)[P@]1c2c(OCc3ccccc3)cccc2O[C@H]1[C@@H]1Oc2cccc(OCc3ccccc3)c2[P@]1C(C)(C)C. The normalized spacial score (nSPS) is 21.2. The maximum Gasteiger partial charge on any atom is 0.162 e. The van der Waals surface area contributed by atoms with E-state index in [4.69, 9.17) is 18.9 Å². The summed E-state index contributed by atoms with van der Waals surface area (Å²) >= 11 is 0. The van der Waals surface area contributed by atoms with Crippen LogP contribution in [-0.4, -0.2) is 22.0 Å². The first-order valence-electron chi connectivity index (χ1n) is 14.6. The molecule has 0 aromatic heterocycles. The third kappa shape index (κ3) is 5.77. The van der Waals surface area contributed by atoms with E-state index in [1.54, 1.807) is 0 Å². The van der Waals surface area contributed by atoms with Gasteiger partial charge in [-0.1, -0.05) is 114 Å². The van der Waals surface area contributed by atoms with Gasteiger partial charge in [-0.05, 0) is 61.5 Å². The van der Waals surface area contributed by atoms with Gasteiger partial charge in [0, 0.05) is 0 Å². The van der Waals surface area contributed by atoms with Crippen molar-refractivity contribution in [2.75, 3.05) is 0 Å². The van der Waals surface area contributed by atoms with Gasteiger partial charge >= 0.3 is 0 Å². The topological polar surface area (TPSA) is 36.9 Å². The van der Waals surface area contributed by atoms with E-state index in [-0.39, 0.29) is 22.0 Å². The van der Waals surface area contributed by atoms with E-state index < -0.39 is 15.8 Å². The molecule has 4 aromatic carbocycles. The molecule has 2 heterocycles. The van der Waals surface area contributed by atoms with Crippen molar-refractivity contribution in [3.63, 3.8) is 0 Å². The quantitative estimate of drug-likeness (QED) is 0.199. The summed E-state index contributed by atoms with van der Waals surface area (Å²) < 4.78 is 26.9. The van der Waals surface area contributed by atoms with Crippen molar-refractivity contribution < 1.29 is 18.9 Å². The Balaban J connectivity index is 1.35. The van der Waals surface area contributed by atoms with Gasteiger partial charge < -0.3 is 18.9 Å². The summed E-state index contributed by atoms with van der Waals surface area (Å²) in [5.41, 5.74) is 2.30. The van der Waals surface area contributed by atoms with Crippen molar-refractivity contribution >= 4 is 26.5 Å². The van der Waals surface area contributed by atoms with Crippen LogP contribution in [0.2, 0.25) is 0 Å². The van der Waals surface area contributed by atoms with Crippen molar-refractivity contribution in [3.05, 3.63) is 108 Å². The third-order valence-electron chi connectivity index (χ3n) is 7.57. The lowest BCUT2D eigenvalue weighted by atomic mass is 10.2. The molecule has 4 nitrogen and oxygen atoms in total. The average Bonchev–Trinajstić information content (AvgIpc) is 3.56. The minimum atomic E-state index is -0.805. The first-order valence-corrected chi connectivity index (χ1v) is 17.4. The highest BCUT2D eigenvalue weighted by Gasteiger charge is 2.55. The van der Waals surface area contributed by atoms with E-state index in [2.05, 4.69) is 114 Å². The molecule has 0 unspecified atom stereocenters. The molecule has 0 N–H and O–H groups in total. The molecule has 6 rings (SSSR count). The Morgan fingerprint density at radius 3 is 1.26 bits per heavy atom. The summed E-state index contributed by atoms with van der Waals surface area (Å²) in [5, 5.41) is 2.37. The zero-order valence-electron chi connectivity index (χ0n) is 25.3. The van der Waals surface area contributed by atoms with Crippen LogP contribution in [0.1, 0.15) is 52.7 Å². The Labute approximate surface area is 252 Å². The Hall–Kier alpha value is -3.06. The highest BCUT2D eigenvalue weighted by atomic mass is 31.1. The van der Waals surface area contributed by atoms with E-state index in [9.17, 15) is 0 Å². The van der Waals surface area contributed by atoms with Crippen LogP contribution in [0.5, 0.6) is 23.0 Å². The van der Waals surface area contributed by atoms with Gasteiger partial charge in [-0.2, -0.15) is 0 Å². The standard InChI is InChI=1S/C36H40O4P2/c1-35(2,3)41-31-27(37-23-25-15-9-7-10-16-25)19-13-21-29(31)39-33(41)34-40-30-22-14-20-28(32(30)42(34)36(4,5)6)38-24-26-17-11-8-12-18-26/h7-22,33-34H,23-24H2,1-6H3/t33-,34-,41-,42+/m1/s1. The maximum absolute atomic E-state index is 6.95. The Kier molecular flexibility index (Phi) is 7.99. The molecule has 2 aliphatic heterocycles. The highest BCUT2D eigenvalue weighted by Crippen LogP contribution is 2.69. The molecule has 42 heavy (non-hydrogen) atoms. The van der Waals surface area contributed by atoms with Crippen molar-refractivity contribution in [1.82, 2.24) is 0 Å². The van der Waals surface area contributed by atoms with E-state index in [0.29, 0.717) is 13.2 Å². The minimum absolute atomic E-state index is 0.0267. The molecule has 0 amide bonds. The minimum Gasteiger partial charge on any atom is -0.488 e. The summed E-state index contributed by atoms with van der Waals surface area (Å²) in [6.45, 7) is 15.0. The number of ether oxygens (including phenoxy) is 4. The smallest absolute Gasteiger partial charge is 0.162 e. The van der Waals surface area contributed by atoms with Crippen LogP contribution in [0.15, 0.2) is 97.1 Å². The predicted octanol–water partition coefficient (Wildman–Crippen LogP) is 8.79. The van der Waals surface area contributed by atoms with Crippen LogP contribution in [0.25, 0.3) is 0 Å². The van der Waals surface area contributed by atoms with Gasteiger partial charge in [0.05, 0.1) is 10.6 Å². The van der Waals surface area contributed by atoms with E-state index >= 15 is 0 Å². The summed E-state index contributed by atoms with van der Waals surface area (Å²) in [7, 11) is -1.61. The van der Waals surface area contributed by atoms with Crippen molar-refractivity contribution in [2.45, 2.75) is 76.8 Å². The zero-order chi connectivity index (χ0) is 29.5. The zero-order valence-corrected chi connectivity index (χ0v) is 27.1. The van der Waals surface area contributed by atoms with E-state index in [1.807, 2.05) is 24.3 Å². The van der Waals surface area contributed by atoms with Crippen molar-refractivity contribution in [2.24, 2.45) is 0 Å². The van der Waals surface area contributed by atoms with Crippen LogP contribution in [0.4, 0.5) is 0 Å². The second-order valence-corrected chi connectivity index (χ2v) is 18.9. The number of hydrogen-bond acceptors (Lipinski definition) is 4. The molecule has 0 aliphatic carbocycles. The number of rotatable bonds is 7. The molecule has 2 aliphatic rings. The molecule has 0 radical (unpaired) electrons. The molecule has 218 valence electrons. The fourth-order valence-electron chi connectivity index (χ4n) is 5.80. The lowest BCUT2D eigenvalue weighted by Crippen LogP contribution is -2.38. The van der Waals surface area contributed by atoms with E-state index in [0.717, 1.165) is 34.1 Å². The molecular formula is C36H40O4P2. The van der Waals surface area contributed by atoms with Gasteiger partial charge in [0.1, 0.15) is 36.2 Å². The largest absolute Gasteiger partial charge is 0.488 e. The molecule has 0 saturated heterocycles. The second-order valence-electron chi connectivity index (χ2n) is 12.9. The molecule has 4 atom stereocenters. The van der Waals surface area contributed by atoms with Crippen LogP contribution in [-0.2, 0) is 13.2 Å². The molecule has 0 spiro atoms.